The lowest BCUT2D eigenvalue weighted by Gasteiger charge is -2.13. The molecule has 1 unspecified atom stereocenters. The fourth-order valence-electron chi connectivity index (χ4n) is 1.29. The molecule has 1 aromatic rings. The van der Waals surface area contributed by atoms with Crippen molar-refractivity contribution in [1.82, 2.24) is 0 Å². The third-order valence-electron chi connectivity index (χ3n) is 2.33. The van der Waals surface area contributed by atoms with E-state index in [-0.39, 0.29) is 24.1 Å². The van der Waals surface area contributed by atoms with Crippen molar-refractivity contribution in [2.24, 2.45) is 11.7 Å². The van der Waals surface area contributed by atoms with Crippen molar-refractivity contribution >= 4 is 23.2 Å². The van der Waals surface area contributed by atoms with Crippen LogP contribution in [0, 0.1) is 11.7 Å². The first kappa shape index (κ1) is 12.9. The van der Waals surface area contributed by atoms with Gasteiger partial charge < -0.3 is 11.1 Å². The van der Waals surface area contributed by atoms with Crippen LogP contribution < -0.4 is 11.1 Å². The summed E-state index contributed by atoms with van der Waals surface area (Å²) in [4.78, 5) is 11.7. The first-order chi connectivity index (χ1) is 7.58. The van der Waals surface area contributed by atoms with E-state index in [1.807, 2.05) is 6.92 Å². The van der Waals surface area contributed by atoms with Gasteiger partial charge in [0.15, 0.2) is 0 Å². The van der Waals surface area contributed by atoms with Gasteiger partial charge in [-0.25, -0.2) is 4.39 Å². The van der Waals surface area contributed by atoms with Gasteiger partial charge in [0.25, 0.3) is 0 Å². The quantitative estimate of drug-likeness (QED) is 0.855. The van der Waals surface area contributed by atoms with Crippen LogP contribution in [0.3, 0.4) is 0 Å². The molecule has 1 aromatic carbocycles. The summed E-state index contributed by atoms with van der Waals surface area (Å²) in [6.07, 6.45) is 0.634. The van der Waals surface area contributed by atoms with E-state index in [0.29, 0.717) is 11.4 Å². The number of rotatable bonds is 4. The molecule has 0 heterocycles. The second kappa shape index (κ2) is 5.82. The highest BCUT2D eigenvalue weighted by atomic mass is 35.5. The third kappa shape index (κ3) is 3.18. The minimum Gasteiger partial charge on any atom is -0.330 e. The van der Waals surface area contributed by atoms with Crippen LogP contribution in [-0.4, -0.2) is 12.5 Å². The predicted molar refractivity (Wildman–Crippen MR) is 62.9 cm³/mol. The number of nitrogens with one attached hydrogen (secondary N) is 1. The largest absolute Gasteiger partial charge is 0.330 e. The molecule has 0 saturated carbocycles. The summed E-state index contributed by atoms with van der Waals surface area (Å²) in [6.45, 7) is 2.12. The van der Waals surface area contributed by atoms with Crippen molar-refractivity contribution < 1.29 is 9.18 Å². The molecule has 88 valence electrons. The monoisotopic (exact) mass is 244 g/mol. The lowest BCUT2D eigenvalue weighted by atomic mass is 10.1. The summed E-state index contributed by atoms with van der Waals surface area (Å²) in [7, 11) is 0. The third-order valence-corrected chi connectivity index (χ3v) is 2.66. The summed E-state index contributed by atoms with van der Waals surface area (Å²) in [6, 6.07) is 3.82. The average molecular weight is 245 g/mol. The molecule has 1 amide bonds. The highest BCUT2D eigenvalue weighted by molar-refractivity contribution is 6.33. The second-order valence-corrected chi connectivity index (χ2v) is 3.86. The van der Waals surface area contributed by atoms with Crippen LogP contribution >= 0.6 is 11.6 Å². The SMILES string of the molecule is CCC(CN)C(=O)Nc1cc(F)ccc1Cl. The van der Waals surface area contributed by atoms with Gasteiger partial charge in [0, 0.05) is 6.54 Å². The molecule has 1 rings (SSSR count). The van der Waals surface area contributed by atoms with Gasteiger partial charge in [-0.2, -0.15) is 0 Å². The summed E-state index contributed by atoms with van der Waals surface area (Å²) in [5.41, 5.74) is 5.71. The molecule has 0 aliphatic rings. The van der Waals surface area contributed by atoms with E-state index < -0.39 is 5.82 Å². The van der Waals surface area contributed by atoms with E-state index in [4.69, 9.17) is 17.3 Å². The molecule has 3 nitrogen and oxygen atoms in total. The predicted octanol–water partition coefficient (Wildman–Crippen LogP) is 2.40. The Labute approximate surface area is 98.8 Å². The van der Waals surface area contributed by atoms with Crippen molar-refractivity contribution in [1.29, 1.82) is 0 Å². The number of hydrogen-bond donors (Lipinski definition) is 2. The molecule has 0 fully saturated rings. The number of carbonyl (C=O) groups is 1. The molecule has 0 bridgehead atoms. The summed E-state index contributed by atoms with van der Waals surface area (Å²) in [5.74, 6) is -0.961. The summed E-state index contributed by atoms with van der Waals surface area (Å²) < 4.78 is 12.9. The van der Waals surface area contributed by atoms with Gasteiger partial charge in [-0.1, -0.05) is 18.5 Å². The van der Waals surface area contributed by atoms with Crippen molar-refractivity contribution in [3.8, 4) is 0 Å². The lowest BCUT2D eigenvalue weighted by Crippen LogP contribution is -2.28. The molecule has 16 heavy (non-hydrogen) atoms. The zero-order chi connectivity index (χ0) is 12.1. The fourth-order valence-corrected chi connectivity index (χ4v) is 1.45. The number of hydrogen-bond acceptors (Lipinski definition) is 2. The molecule has 0 aliphatic carbocycles. The van der Waals surface area contributed by atoms with Crippen molar-refractivity contribution in [2.75, 3.05) is 11.9 Å². The van der Waals surface area contributed by atoms with E-state index in [9.17, 15) is 9.18 Å². The van der Waals surface area contributed by atoms with Gasteiger partial charge >= 0.3 is 0 Å². The van der Waals surface area contributed by atoms with Crippen LogP contribution in [0.1, 0.15) is 13.3 Å². The number of amides is 1. The van der Waals surface area contributed by atoms with Gasteiger partial charge in [0.2, 0.25) is 5.91 Å². The molecule has 0 radical (unpaired) electrons. The molecule has 5 heteroatoms. The first-order valence-corrected chi connectivity index (χ1v) is 5.42. The van der Waals surface area contributed by atoms with Crippen LogP contribution in [0.2, 0.25) is 5.02 Å². The topological polar surface area (TPSA) is 55.1 Å². The standard InChI is InChI=1S/C11H14ClFN2O/c1-2-7(6-14)11(16)15-10-5-8(13)3-4-9(10)12/h3-5,7H,2,6,14H2,1H3,(H,15,16). The van der Waals surface area contributed by atoms with Crippen LogP contribution in [0.4, 0.5) is 10.1 Å². The number of carbonyl (C=O) groups excluding carboxylic acids is 1. The van der Waals surface area contributed by atoms with Gasteiger partial charge in [-0.3, -0.25) is 4.79 Å². The zero-order valence-corrected chi connectivity index (χ0v) is 9.72. The first-order valence-electron chi connectivity index (χ1n) is 5.04. The van der Waals surface area contributed by atoms with Crippen molar-refractivity contribution in [3.63, 3.8) is 0 Å². The maximum Gasteiger partial charge on any atom is 0.228 e. The minimum absolute atomic E-state index is 0.238. The minimum atomic E-state index is -0.444. The normalized spacial score (nSPS) is 12.2. The van der Waals surface area contributed by atoms with Gasteiger partial charge in [-0.05, 0) is 24.6 Å². The van der Waals surface area contributed by atoms with Crippen LogP contribution in [0.15, 0.2) is 18.2 Å². The Morgan fingerprint density at radius 1 is 1.62 bits per heavy atom. The number of halogens is 2. The smallest absolute Gasteiger partial charge is 0.228 e. The molecule has 0 aromatic heterocycles. The van der Waals surface area contributed by atoms with Gasteiger partial charge in [0.1, 0.15) is 5.82 Å². The van der Waals surface area contributed by atoms with E-state index in [2.05, 4.69) is 5.32 Å². The molecule has 1 atom stereocenters. The van der Waals surface area contributed by atoms with Crippen LogP contribution in [-0.2, 0) is 4.79 Å². The van der Waals surface area contributed by atoms with Crippen LogP contribution in [0.5, 0.6) is 0 Å². The summed E-state index contributed by atoms with van der Waals surface area (Å²) >= 11 is 5.82. The number of benzene rings is 1. The fraction of sp³-hybridized carbons (Fsp3) is 0.364. The maximum absolute atomic E-state index is 12.9. The van der Waals surface area contributed by atoms with E-state index in [0.717, 1.165) is 0 Å². The molecular formula is C11H14ClFN2O. The van der Waals surface area contributed by atoms with Crippen molar-refractivity contribution in [2.45, 2.75) is 13.3 Å². The maximum atomic E-state index is 12.9. The van der Waals surface area contributed by atoms with Gasteiger partial charge in [-0.15, -0.1) is 0 Å². The number of nitrogens with two attached hydrogens (primary N) is 1. The Morgan fingerprint density at radius 3 is 2.88 bits per heavy atom. The molecular weight excluding hydrogens is 231 g/mol. The second-order valence-electron chi connectivity index (χ2n) is 3.45. The Morgan fingerprint density at radius 2 is 2.31 bits per heavy atom. The molecule has 3 N–H and O–H groups in total. The van der Waals surface area contributed by atoms with E-state index >= 15 is 0 Å². The van der Waals surface area contributed by atoms with Crippen LogP contribution in [0.25, 0.3) is 0 Å². The van der Waals surface area contributed by atoms with E-state index in [1.54, 1.807) is 0 Å². The van der Waals surface area contributed by atoms with Crippen molar-refractivity contribution in [3.05, 3.63) is 29.0 Å². The highest BCUT2D eigenvalue weighted by Crippen LogP contribution is 2.23. The molecule has 0 saturated heterocycles. The Hall–Kier alpha value is -1.13. The zero-order valence-electron chi connectivity index (χ0n) is 8.97. The highest BCUT2D eigenvalue weighted by Gasteiger charge is 2.15. The average Bonchev–Trinajstić information content (AvgIpc) is 2.25. The molecule has 0 spiro atoms. The Balaban J connectivity index is 2.80. The Kier molecular flexibility index (Phi) is 4.71. The lowest BCUT2D eigenvalue weighted by molar-refractivity contribution is -0.119. The van der Waals surface area contributed by atoms with E-state index in [1.165, 1.54) is 18.2 Å². The summed E-state index contributed by atoms with van der Waals surface area (Å²) in [5, 5.41) is 2.87. The molecule has 0 aliphatic heterocycles. The Bertz CT molecular complexity index is 380. The van der Waals surface area contributed by atoms with Gasteiger partial charge in [0.05, 0.1) is 16.6 Å². The number of anilines is 1.